The van der Waals surface area contributed by atoms with Crippen molar-refractivity contribution in [1.82, 2.24) is 14.6 Å². The number of aromatic amines is 1. The highest BCUT2D eigenvalue weighted by Crippen LogP contribution is 2.48. The van der Waals surface area contributed by atoms with Gasteiger partial charge in [-0.3, -0.25) is 23.7 Å². The van der Waals surface area contributed by atoms with Gasteiger partial charge >= 0.3 is 19.4 Å². The molecule has 1 aromatic carbocycles. The number of halogens is 2. The van der Waals surface area contributed by atoms with Crippen molar-refractivity contribution in [3.05, 3.63) is 63.4 Å². The van der Waals surface area contributed by atoms with Gasteiger partial charge in [-0.05, 0) is 26.0 Å². The van der Waals surface area contributed by atoms with Crippen LogP contribution in [-0.2, 0) is 23.4 Å². The fraction of sp³-hybridized carbons (Fsp3) is 0.450. The van der Waals surface area contributed by atoms with Gasteiger partial charge in [-0.15, -0.1) is 0 Å². The van der Waals surface area contributed by atoms with Gasteiger partial charge in [0, 0.05) is 12.3 Å². The summed E-state index contributed by atoms with van der Waals surface area (Å²) in [5.41, 5.74) is -1.76. The molecule has 0 spiro atoms. The first kappa shape index (κ1) is 27.1. The smallest absolute Gasteiger partial charge is 0.459 e. The number of nitrogens with one attached hydrogen (secondary N) is 2. The number of H-pyrrole nitrogens is 1. The molecular formula is C20H24ClFN3O9P. The first-order chi connectivity index (χ1) is 16.5. The number of benzene rings is 1. The average Bonchev–Trinajstić information content (AvgIpc) is 3.02. The van der Waals surface area contributed by atoms with Crippen molar-refractivity contribution >= 4 is 25.3 Å². The molecule has 6 atom stereocenters. The number of hydrogen-bond acceptors (Lipinski definition) is 9. The SMILES string of the molecule is CCOC(=O)[C@H](C)NP(=O)(OC[C@H]1OC(n2ccc(=O)[nH]c2=O)[C@@](F)(Cl)[C@@H]1O)Oc1ccccc1. The zero-order valence-electron chi connectivity index (χ0n) is 18.6. The molecule has 0 saturated carbocycles. The Balaban J connectivity index is 1.80. The number of carbonyl (C=O) groups excluding carboxylic acids is 1. The minimum atomic E-state index is -4.33. The van der Waals surface area contributed by atoms with Crippen LogP contribution >= 0.6 is 19.3 Å². The summed E-state index contributed by atoms with van der Waals surface area (Å²) in [7, 11) is -4.33. The van der Waals surface area contributed by atoms with E-state index in [0.717, 1.165) is 12.3 Å². The molecule has 1 saturated heterocycles. The third-order valence-electron chi connectivity index (χ3n) is 4.85. The summed E-state index contributed by atoms with van der Waals surface area (Å²) >= 11 is 5.84. The number of hydrogen-bond donors (Lipinski definition) is 3. The molecule has 1 aliphatic rings. The Morgan fingerprint density at radius 3 is 2.69 bits per heavy atom. The Kier molecular flexibility index (Phi) is 8.52. The molecule has 3 N–H and O–H groups in total. The first-order valence-corrected chi connectivity index (χ1v) is 12.4. The number of aliphatic hydroxyl groups is 1. The number of carbonyl (C=O) groups is 1. The van der Waals surface area contributed by atoms with Crippen molar-refractivity contribution in [1.29, 1.82) is 0 Å². The summed E-state index contributed by atoms with van der Waals surface area (Å²) in [5, 5.41) is 9.81. The van der Waals surface area contributed by atoms with E-state index in [0.29, 0.717) is 4.57 Å². The summed E-state index contributed by atoms with van der Waals surface area (Å²) < 4.78 is 50.4. The van der Waals surface area contributed by atoms with Crippen LogP contribution in [0.15, 0.2) is 52.2 Å². The second kappa shape index (κ2) is 11.0. The summed E-state index contributed by atoms with van der Waals surface area (Å²) in [5.74, 6) is -0.603. The van der Waals surface area contributed by atoms with E-state index in [1.807, 2.05) is 4.98 Å². The predicted molar refractivity (Wildman–Crippen MR) is 121 cm³/mol. The lowest BCUT2D eigenvalue weighted by Gasteiger charge is -2.24. The molecule has 35 heavy (non-hydrogen) atoms. The van der Waals surface area contributed by atoms with Crippen molar-refractivity contribution < 1.29 is 37.4 Å². The number of aliphatic hydroxyl groups excluding tert-OH is 1. The molecule has 0 aliphatic carbocycles. The van der Waals surface area contributed by atoms with Gasteiger partial charge in [0.05, 0.1) is 13.2 Å². The molecule has 12 nitrogen and oxygen atoms in total. The molecule has 2 heterocycles. The Hall–Kier alpha value is -2.54. The summed E-state index contributed by atoms with van der Waals surface area (Å²) in [6.07, 6.45) is -4.46. The van der Waals surface area contributed by atoms with E-state index in [2.05, 4.69) is 5.09 Å². The maximum atomic E-state index is 15.2. The molecule has 2 aromatic rings. The van der Waals surface area contributed by atoms with Gasteiger partial charge < -0.3 is 19.1 Å². The fourth-order valence-electron chi connectivity index (χ4n) is 3.16. The zero-order chi connectivity index (χ0) is 25.8. The highest BCUT2D eigenvalue weighted by Gasteiger charge is 2.58. The topological polar surface area (TPSA) is 158 Å². The van der Waals surface area contributed by atoms with Crippen molar-refractivity contribution in [2.24, 2.45) is 0 Å². The molecule has 2 unspecified atom stereocenters. The highest BCUT2D eigenvalue weighted by atomic mass is 35.5. The third kappa shape index (κ3) is 6.37. The summed E-state index contributed by atoms with van der Waals surface area (Å²) in [6, 6.07) is 7.69. The van der Waals surface area contributed by atoms with E-state index in [1.54, 1.807) is 25.1 Å². The molecule has 0 bridgehead atoms. The molecule has 0 amide bonds. The van der Waals surface area contributed by atoms with Crippen LogP contribution < -0.4 is 20.9 Å². The maximum absolute atomic E-state index is 15.2. The Labute approximate surface area is 203 Å². The Bertz CT molecular complexity index is 1190. The van der Waals surface area contributed by atoms with Crippen LogP contribution in [-0.4, -0.2) is 57.2 Å². The van der Waals surface area contributed by atoms with Gasteiger partial charge in [0.15, 0.2) is 6.23 Å². The number of aromatic nitrogens is 2. The molecular weight excluding hydrogens is 512 g/mol. The van der Waals surface area contributed by atoms with Crippen LogP contribution in [0.25, 0.3) is 0 Å². The van der Waals surface area contributed by atoms with Crippen LogP contribution in [0.3, 0.4) is 0 Å². The van der Waals surface area contributed by atoms with Gasteiger partial charge in [0.25, 0.3) is 10.7 Å². The number of ether oxygens (including phenoxy) is 2. The lowest BCUT2D eigenvalue weighted by Crippen LogP contribution is -2.42. The summed E-state index contributed by atoms with van der Waals surface area (Å²) in [6.45, 7) is 2.32. The van der Waals surface area contributed by atoms with Crippen LogP contribution in [0.2, 0.25) is 0 Å². The number of para-hydroxylation sites is 1. The van der Waals surface area contributed by atoms with E-state index in [1.165, 1.54) is 19.1 Å². The van der Waals surface area contributed by atoms with Gasteiger partial charge in [-0.1, -0.05) is 29.8 Å². The minimum absolute atomic E-state index is 0.0808. The monoisotopic (exact) mass is 535 g/mol. The Morgan fingerprint density at radius 2 is 2.06 bits per heavy atom. The van der Waals surface area contributed by atoms with Crippen molar-refractivity contribution in [2.75, 3.05) is 13.2 Å². The summed E-state index contributed by atoms with van der Waals surface area (Å²) in [4.78, 5) is 37.3. The van der Waals surface area contributed by atoms with Crippen molar-refractivity contribution in [2.45, 2.75) is 43.5 Å². The lowest BCUT2D eigenvalue weighted by atomic mass is 10.1. The van der Waals surface area contributed by atoms with E-state index in [4.69, 9.17) is 30.1 Å². The molecule has 192 valence electrons. The molecule has 15 heteroatoms. The van der Waals surface area contributed by atoms with E-state index in [-0.39, 0.29) is 12.4 Å². The van der Waals surface area contributed by atoms with Crippen LogP contribution in [0, 0.1) is 0 Å². The highest BCUT2D eigenvalue weighted by molar-refractivity contribution is 7.52. The third-order valence-corrected chi connectivity index (χ3v) is 6.91. The normalized spacial score (nSPS) is 26.6. The Morgan fingerprint density at radius 1 is 1.37 bits per heavy atom. The van der Waals surface area contributed by atoms with Crippen LogP contribution in [0.5, 0.6) is 5.75 Å². The van der Waals surface area contributed by atoms with Gasteiger partial charge in [-0.25, -0.2) is 13.8 Å². The fourth-order valence-corrected chi connectivity index (χ4v) is 4.96. The van der Waals surface area contributed by atoms with E-state index >= 15 is 4.39 Å². The zero-order valence-corrected chi connectivity index (χ0v) is 20.3. The van der Waals surface area contributed by atoms with E-state index in [9.17, 15) is 24.1 Å². The molecule has 1 aromatic heterocycles. The van der Waals surface area contributed by atoms with E-state index < -0.39 is 61.2 Å². The largest absolute Gasteiger partial charge is 0.465 e. The van der Waals surface area contributed by atoms with Gasteiger partial charge in [0.2, 0.25) is 0 Å². The lowest BCUT2D eigenvalue weighted by molar-refractivity contribution is -0.144. The second-order valence-corrected chi connectivity index (χ2v) is 9.74. The van der Waals surface area contributed by atoms with Crippen molar-refractivity contribution in [3.8, 4) is 5.75 Å². The van der Waals surface area contributed by atoms with Crippen LogP contribution in [0.4, 0.5) is 4.39 Å². The molecule has 0 radical (unpaired) electrons. The minimum Gasteiger partial charge on any atom is -0.465 e. The second-order valence-electron chi connectivity index (χ2n) is 7.46. The standard InChI is InChI=1S/C20H24ClFN3O9P/c1-3-31-17(28)12(2)24-35(30,34-13-7-5-4-6-8-13)32-11-14-16(27)20(21,22)18(33-14)25-10-9-15(26)23-19(25)29/h4-10,12,14,16,18,27H,3,11H2,1-2H3,(H,24,30)(H,23,26,29)/t12-,14+,16+,18?,20+,35?/m0/s1. The molecule has 1 fully saturated rings. The van der Waals surface area contributed by atoms with Crippen LogP contribution in [0.1, 0.15) is 20.1 Å². The van der Waals surface area contributed by atoms with Gasteiger partial charge in [-0.2, -0.15) is 5.09 Å². The first-order valence-electron chi connectivity index (χ1n) is 10.4. The van der Waals surface area contributed by atoms with Crippen molar-refractivity contribution in [3.63, 3.8) is 0 Å². The number of nitrogens with zero attached hydrogens (tertiary/aromatic N) is 1. The number of alkyl halides is 2. The molecule has 1 aliphatic heterocycles. The number of rotatable bonds is 10. The average molecular weight is 536 g/mol. The quantitative estimate of drug-likeness (QED) is 0.231. The maximum Gasteiger partial charge on any atom is 0.459 e. The van der Waals surface area contributed by atoms with Gasteiger partial charge in [0.1, 0.15) is 24.0 Å². The predicted octanol–water partition coefficient (Wildman–Crippen LogP) is 1.44. The number of esters is 1. The molecule has 3 rings (SSSR count).